The highest BCUT2D eigenvalue weighted by molar-refractivity contribution is 7.10. The van der Waals surface area contributed by atoms with E-state index in [0.29, 0.717) is 28.4 Å². The lowest BCUT2D eigenvalue weighted by molar-refractivity contribution is 0.243. The monoisotopic (exact) mass is 350 g/mol. The maximum atomic E-state index is 9.28. The van der Waals surface area contributed by atoms with E-state index in [-0.39, 0.29) is 0 Å². The summed E-state index contributed by atoms with van der Waals surface area (Å²) in [5.41, 5.74) is 1.24. The molecule has 9 heteroatoms. The van der Waals surface area contributed by atoms with Crippen LogP contribution in [0.25, 0.3) is 0 Å². The predicted molar refractivity (Wildman–Crippen MR) is 85.6 cm³/mol. The van der Waals surface area contributed by atoms with Gasteiger partial charge < -0.3 is 9.32 Å². The molecule has 0 spiro atoms. The van der Waals surface area contributed by atoms with Crippen LogP contribution in [0.2, 0.25) is 4.34 Å². The van der Waals surface area contributed by atoms with Gasteiger partial charge in [-0.3, -0.25) is 4.90 Å². The average Bonchev–Trinajstić information content (AvgIpc) is 3.21. The maximum absolute atomic E-state index is 9.28. The fourth-order valence-corrected chi connectivity index (χ4v) is 3.34. The molecular weight excluding hydrogens is 336 g/mol. The fraction of sp³-hybridized carbons (Fsp3) is 0.571. The van der Waals surface area contributed by atoms with Crippen LogP contribution in [-0.2, 0) is 6.54 Å². The largest absolute Gasteiger partial charge is 0.423 e. The lowest BCUT2D eigenvalue weighted by atomic mass is 10.3. The Hall–Kier alpha value is -1.69. The Labute approximate surface area is 142 Å². The van der Waals surface area contributed by atoms with Crippen LogP contribution in [0.3, 0.4) is 0 Å². The molecular formula is C14H15ClN6OS. The van der Waals surface area contributed by atoms with Crippen molar-refractivity contribution >= 4 is 29.0 Å². The molecule has 2 aromatic heterocycles. The first-order valence-corrected chi connectivity index (χ1v) is 8.74. The topological polar surface area (TPSA) is 82.1 Å². The first kappa shape index (κ1) is 14.9. The van der Waals surface area contributed by atoms with Crippen LogP contribution in [0.4, 0.5) is 5.88 Å². The molecule has 1 aliphatic heterocycles. The minimum atomic E-state index is 0.409. The zero-order valence-corrected chi connectivity index (χ0v) is 14.0. The number of nitriles is 1. The second kappa shape index (κ2) is 6.07. The highest BCUT2D eigenvalue weighted by atomic mass is 35.5. The summed E-state index contributed by atoms with van der Waals surface area (Å²) in [6, 6.07) is 2.16. The van der Waals surface area contributed by atoms with Crippen molar-refractivity contribution in [1.29, 1.82) is 5.26 Å². The van der Waals surface area contributed by atoms with E-state index in [4.69, 9.17) is 16.0 Å². The number of oxazole rings is 1. The minimum absolute atomic E-state index is 0.409. The van der Waals surface area contributed by atoms with Crippen LogP contribution in [-0.4, -0.2) is 45.6 Å². The lowest BCUT2D eigenvalue weighted by Gasteiger charge is -2.34. The Balaban J connectivity index is 1.41. The molecule has 1 saturated carbocycles. The van der Waals surface area contributed by atoms with E-state index in [0.717, 1.165) is 50.6 Å². The molecule has 1 saturated heterocycles. The molecule has 7 nitrogen and oxygen atoms in total. The van der Waals surface area contributed by atoms with Gasteiger partial charge in [-0.15, -0.1) is 5.10 Å². The molecule has 0 aromatic carbocycles. The summed E-state index contributed by atoms with van der Waals surface area (Å²) in [5, 5.41) is 13.3. The normalized spacial score (nSPS) is 19.0. The van der Waals surface area contributed by atoms with Gasteiger partial charge in [0.25, 0.3) is 0 Å². The van der Waals surface area contributed by atoms with E-state index in [1.807, 2.05) is 0 Å². The summed E-state index contributed by atoms with van der Waals surface area (Å²) in [4.78, 5) is 8.73. The smallest absolute Gasteiger partial charge is 0.234 e. The summed E-state index contributed by atoms with van der Waals surface area (Å²) >= 11 is 7.27. The number of aromatic nitrogens is 3. The summed E-state index contributed by atoms with van der Waals surface area (Å²) in [6.45, 7) is 4.01. The number of rotatable bonds is 4. The summed E-state index contributed by atoms with van der Waals surface area (Å²) < 4.78 is 10.4. The van der Waals surface area contributed by atoms with Crippen LogP contribution in [0.15, 0.2) is 4.42 Å². The Morgan fingerprint density at radius 3 is 2.70 bits per heavy atom. The number of halogens is 1. The van der Waals surface area contributed by atoms with Crippen molar-refractivity contribution < 1.29 is 4.42 Å². The highest BCUT2D eigenvalue weighted by Crippen LogP contribution is 2.41. The van der Waals surface area contributed by atoms with Gasteiger partial charge in [-0.05, 0) is 12.8 Å². The molecule has 4 rings (SSSR count). The van der Waals surface area contributed by atoms with Gasteiger partial charge in [0.15, 0.2) is 0 Å². The predicted octanol–water partition coefficient (Wildman–Crippen LogP) is 2.25. The van der Waals surface area contributed by atoms with Gasteiger partial charge >= 0.3 is 0 Å². The number of hydrogen-bond donors (Lipinski definition) is 0. The third kappa shape index (κ3) is 3.04. The molecule has 0 bridgehead atoms. The number of piperazine rings is 1. The van der Waals surface area contributed by atoms with Gasteiger partial charge in [0.05, 0.1) is 0 Å². The quantitative estimate of drug-likeness (QED) is 0.836. The van der Waals surface area contributed by atoms with Crippen molar-refractivity contribution in [1.82, 2.24) is 19.5 Å². The van der Waals surface area contributed by atoms with Crippen LogP contribution in [0.5, 0.6) is 0 Å². The van der Waals surface area contributed by atoms with Crippen LogP contribution >= 0.6 is 23.1 Å². The third-order valence-corrected chi connectivity index (χ3v) is 5.18. The van der Waals surface area contributed by atoms with E-state index in [9.17, 15) is 5.26 Å². The third-order valence-electron chi connectivity index (χ3n) is 4.20. The molecule has 2 fully saturated rings. The number of anilines is 1. The van der Waals surface area contributed by atoms with Crippen LogP contribution in [0, 0.1) is 11.3 Å². The van der Waals surface area contributed by atoms with Gasteiger partial charge in [0, 0.05) is 50.2 Å². The first-order valence-electron chi connectivity index (χ1n) is 7.59. The lowest BCUT2D eigenvalue weighted by Crippen LogP contribution is -2.46. The average molecular weight is 351 g/mol. The van der Waals surface area contributed by atoms with Crippen molar-refractivity contribution in [3.63, 3.8) is 0 Å². The molecule has 2 aliphatic rings. The Kier molecular flexibility index (Phi) is 3.93. The molecule has 120 valence electrons. The van der Waals surface area contributed by atoms with Gasteiger partial charge in [0.1, 0.15) is 16.1 Å². The fourth-order valence-electron chi connectivity index (χ4n) is 2.73. The van der Waals surface area contributed by atoms with Gasteiger partial charge in [0.2, 0.25) is 17.5 Å². The summed E-state index contributed by atoms with van der Waals surface area (Å²) in [5.74, 6) is 1.76. The highest BCUT2D eigenvalue weighted by Gasteiger charge is 2.32. The molecule has 3 heterocycles. The van der Waals surface area contributed by atoms with E-state index in [1.165, 1.54) is 11.5 Å². The van der Waals surface area contributed by atoms with E-state index < -0.39 is 0 Å². The standard InChI is InChI=1S/C14H15ClN6OS/c15-12-11(18-19-23-12)8-20-3-5-21(6-4-20)14-10(7-16)17-13(22-14)9-1-2-9/h9H,1-6,8H2. The molecule has 0 amide bonds. The summed E-state index contributed by atoms with van der Waals surface area (Å²) in [6.07, 6.45) is 2.22. The molecule has 1 aliphatic carbocycles. The molecule has 0 unspecified atom stereocenters. The van der Waals surface area contributed by atoms with E-state index in [1.54, 1.807) is 0 Å². The van der Waals surface area contributed by atoms with Crippen molar-refractivity contribution in [2.24, 2.45) is 0 Å². The Morgan fingerprint density at radius 1 is 1.30 bits per heavy atom. The first-order chi connectivity index (χ1) is 11.2. The number of nitrogens with zero attached hydrogens (tertiary/aromatic N) is 6. The zero-order valence-electron chi connectivity index (χ0n) is 12.4. The van der Waals surface area contributed by atoms with Crippen molar-refractivity contribution in [2.45, 2.75) is 25.3 Å². The van der Waals surface area contributed by atoms with Gasteiger partial charge in [-0.1, -0.05) is 16.1 Å². The molecule has 0 atom stereocenters. The van der Waals surface area contributed by atoms with Crippen molar-refractivity contribution in [2.75, 3.05) is 31.1 Å². The van der Waals surface area contributed by atoms with Gasteiger partial charge in [-0.25, -0.2) is 4.98 Å². The second-order valence-corrected chi connectivity index (χ2v) is 7.20. The minimum Gasteiger partial charge on any atom is -0.423 e. The summed E-state index contributed by atoms with van der Waals surface area (Å²) in [7, 11) is 0. The number of hydrogen-bond acceptors (Lipinski definition) is 8. The Morgan fingerprint density at radius 2 is 2.09 bits per heavy atom. The molecule has 2 aromatic rings. The SMILES string of the molecule is N#Cc1nc(C2CC2)oc1N1CCN(Cc2nnsc2Cl)CC1. The molecule has 0 N–H and O–H groups in total. The second-order valence-electron chi connectivity index (χ2n) is 5.85. The van der Waals surface area contributed by atoms with E-state index >= 15 is 0 Å². The van der Waals surface area contributed by atoms with Crippen molar-refractivity contribution in [3.05, 3.63) is 21.6 Å². The zero-order chi connectivity index (χ0) is 15.8. The van der Waals surface area contributed by atoms with Crippen molar-refractivity contribution in [3.8, 4) is 6.07 Å². The van der Waals surface area contributed by atoms with Crippen LogP contribution in [0.1, 0.15) is 36.0 Å². The van der Waals surface area contributed by atoms with Gasteiger partial charge in [-0.2, -0.15) is 5.26 Å². The van der Waals surface area contributed by atoms with E-state index in [2.05, 4.69) is 30.4 Å². The maximum Gasteiger partial charge on any atom is 0.234 e. The van der Waals surface area contributed by atoms with Crippen LogP contribution < -0.4 is 4.90 Å². The molecule has 23 heavy (non-hydrogen) atoms. The molecule has 0 radical (unpaired) electrons. The Bertz CT molecular complexity index is 741.